The molecule has 0 aliphatic heterocycles. The smallest absolute Gasteiger partial charge is 0.254 e. The Kier molecular flexibility index (Phi) is 2.36. The van der Waals surface area contributed by atoms with Crippen LogP contribution in [0.3, 0.4) is 0 Å². The van der Waals surface area contributed by atoms with Crippen LogP contribution in [0.5, 0.6) is 0 Å². The Balaban J connectivity index is 2.72. The zero-order valence-corrected chi connectivity index (χ0v) is 8.61. The first-order valence-corrected chi connectivity index (χ1v) is 4.67. The number of aromatic amines is 1. The molecular formula is C11H10N2O3. The Morgan fingerprint density at radius 1 is 1.50 bits per heavy atom. The minimum Gasteiger partial charge on any atom is -0.464 e. The molecule has 16 heavy (non-hydrogen) atoms. The molecule has 2 heterocycles. The van der Waals surface area contributed by atoms with Crippen LogP contribution < -0.4 is 11.2 Å². The van der Waals surface area contributed by atoms with Crippen LogP contribution in [0.25, 0.3) is 11.3 Å². The largest absolute Gasteiger partial charge is 0.464 e. The molecule has 5 nitrogen and oxygen atoms in total. The van der Waals surface area contributed by atoms with Crippen LogP contribution in [0.1, 0.15) is 16.1 Å². The van der Waals surface area contributed by atoms with E-state index in [1.165, 1.54) is 12.5 Å². The van der Waals surface area contributed by atoms with Crippen LogP contribution in [-0.4, -0.2) is 10.9 Å². The van der Waals surface area contributed by atoms with E-state index in [-0.39, 0.29) is 5.56 Å². The van der Waals surface area contributed by atoms with Gasteiger partial charge < -0.3 is 15.1 Å². The quantitative estimate of drug-likeness (QED) is 0.789. The molecular weight excluding hydrogens is 208 g/mol. The summed E-state index contributed by atoms with van der Waals surface area (Å²) in [6.07, 6.45) is 2.96. The van der Waals surface area contributed by atoms with Crippen molar-refractivity contribution in [1.29, 1.82) is 0 Å². The molecule has 0 fully saturated rings. The minimum atomic E-state index is -0.743. The van der Waals surface area contributed by atoms with Crippen LogP contribution >= 0.6 is 0 Å². The van der Waals surface area contributed by atoms with Crippen molar-refractivity contribution in [3.8, 4) is 11.3 Å². The lowest BCUT2D eigenvalue weighted by Gasteiger charge is -2.03. The van der Waals surface area contributed by atoms with E-state index in [2.05, 4.69) is 4.98 Å². The summed E-state index contributed by atoms with van der Waals surface area (Å²) in [5.41, 5.74) is 5.44. The fourth-order valence-corrected chi connectivity index (χ4v) is 1.53. The van der Waals surface area contributed by atoms with E-state index < -0.39 is 11.3 Å². The molecule has 2 aromatic heterocycles. The lowest BCUT2D eigenvalue weighted by Crippen LogP contribution is -2.25. The van der Waals surface area contributed by atoms with Gasteiger partial charge in [0.1, 0.15) is 11.3 Å². The zero-order valence-electron chi connectivity index (χ0n) is 8.61. The Labute approximate surface area is 90.9 Å². The van der Waals surface area contributed by atoms with Gasteiger partial charge in [0.25, 0.3) is 5.91 Å². The van der Waals surface area contributed by atoms with Crippen molar-refractivity contribution >= 4 is 5.91 Å². The van der Waals surface area contributed by atoms with Gasteiger partial charge in [0.15, 0.2) is 0 Å². The zero-order chi connectivity index (χ0) is 11.7. The summed E-state index contributed by atoms with van der Waals surface area (Å²) >= 11 is 0. The Morgan fingerprint density at radius 3 is 2.81 bits per heavy atom. The van der Waals surface area contributed by atoms with Crippen molar-refractivity contribution < 1.29 is 9.21 Å². The molecule has 2 aromatic rings. The van der Waals surface area contributed by atoms with Crippen LogP contribution in [0, 0.1) is 6.92 Å². The van der Waals surface area contributed by atoms with Crippen LogP contribution in [-0.2, 0) is 0 Å². The Hall–Kier alpha value is -2.30. The van der Waals surface area contributed by atoms with Crippen molar-refractivity contribution in [2.75, 3.05) is 0 Å². The van der Waals surface area contributed by atoms with E-state index in [1.54, 1.807) is 19.1 Å². The first-order chi connectivity index (χ1) is 7.61. The number of hydrogen-bond donors (Lipinski definition) is 2. The second-order valence-corrected chi connectivity index (χ2v) is 3.37. The molecule has 1 amide bonds. The van der Waals surface area contributed by atoms with Gasteiger partial charge in [-0.25, -0.2) is 0 Å². The number of nitrogens with one attached hydrogen (secondary N) is 1. The highest BCUT2D eigenvalue weighted by atomic mass is 16.3. The number of primary amides is 1. The predicted molar refractivity (Wildman–Crippen MR) is 58.0 cm³/mol. The number of H-pyrrole nitrogens is 1. The molecule has 0 unspecified atom stereocenters. The molecule has 82 valence electrons. The number of furan rings is 1. The Bertz CT molecular complexity index is 582. The first-order valence-electron chi connectivity index (χ1n) is 4.67. The summed E-state index contributed by atoms with van der Waals surface area (Å²) in [7, 11) is 0. The van der Waals surface area contributed by atoms with E-state index in [0.717, 1.165) is 0 Å². The van der Waals surface area contributed by atoms with Gasteiger partial charge in [-0.3, -0.25) is 9.59 Å². The van der Waals surface area contributed by atoms with E-state index in [4.69, 9.17) is 10.2 Å². The van der Waals surface area contributed by atoms with E-state index in [9.17, 15) is 9.59 Å². The SMILES string of the molecule is Cc1[nH]cc(-c2ccco2)c(=O)c1C(N)=O. The van der Waals surface area contributed by atoms with Gasteiger partial charge in [0.2, 0.25) is 5.43 Å². The number of pyridine rings is 1. The normalized spacial score (nSPS) is 10.3. The first kappa shape index (κ1) is 10.2. The van der Waals surface area contributed by atoms with Gasteiger partial charge in [-0.15, -0.1) is 0 Å². The summed E-state index contributed by atoms with van der Waals surface area (Å²) in [5, 5.41) is 0. The number of rotatable bonds is 2. The van der Waals surface area contributed by atoms with Gasteiger partial charge in [-0.05, 0) is 19.1 Å². The second-order valence-electron chi connectivity index (χ2n) is 3.37. The third kappa shape index (κ3) is 1.52. The molecule has 0 spiro atoms. The number of carbonyl (C=O) groups excluding carboxylic acids is 1. The maximum atomic E-state index is 11.9. The molecule has 3 N–H and O–H groups in total. The molecule has 0 aliphatic carbocycles. The van der Waals surface area contributed by atoms with Crippen molar-refractivity contribution in [2.45, 2.75) is 6.92 Å². The minimum absolute atomic E-state index is 0.0334. The van der Waals surface area contributed by atoms with Crippen molar-refractivity contribution in [3.05, 3.63) is 46.1 Å². The van der Waals surface area contributed by atoms with Crippen LogP contribution in [0.4, 0.5) is 0 Å². The maximum Gasteiger partial charge on any atom is 0.254 e. The van der Waals surface area contributed by atoms with Crippen LogP contribution in [0.15, 0.2) is 33.8 Å². The second kappa shape index (κ2) is 3.69. The molecule has 0 saturated carbocycles. The average molecular weight is 218 g/mol. The molecule has 0 radical (unpaired) electrons. The predicted octanol–water partition coefficient (Wildman–Crippen LogP) is 1.04. The van der Waals surface area contributed by atoms with Crippen LogP contribution in [0.2, 0.25) is 0 Å². The van der Waals surface area contributed by atoms with Gasteiger partial charge in [0.05, 0.1) is 11.8 Å². The highest BCUT2D eigenvalue weighted by molar-refractivity contribution is 5.94. The summed E-state index contributed by atoms with van der Waals surface area (Å²) in [4.78, 5) is 25.9. The van der Waals surface area contributed by atoms with E-state index in [0.29, 0.717) is 17.0 Å². The molecule has 5 heteroatoms. The monoisotopic (exact) mass is 218 g/mol. The molecule has 0 atom stereocenters. The fourth-order valence-electron chi connectivity index (χ4n) is 1.53. The molecule has 0 saturated heterocycles. The number of nitrogens with two attached hydrogens (primary N) is 1. The van der Waals surface area contributed by atoms with Gasteiger partial charge >= 0.3 is 0 Å². The van der Waals surface area contributed by atoms with Gasteiger partial charge in [-0.1, -0.05) is 0 Å². The third-order valence-electron chi connectivity index (χ3n) is 2.31. The van der Waals surface area contributed by atoms with E-state index >= 15 is 0 Å². The van der Waals surface area contributed by atoms with Gasteiger partial charge in [-0.2, -0.15) is 0 Å². The van der Waals surface area contributed by atoms with Crippen molar-refractivity contribution in [1.82, 2.24) is 4.98 Å². The number of amides is 1. The molecule has 0 bridgehead atoms. The standard InChI is InChI=1S/C11H10N2O3/c1-6-9(11(12)15)10(14)7(5-13-6)8-3-2-4-16-8/h2-5H,1H3,(H2,12,15)(H,13,14). The summed E-state index contributed by atoms with van der Waals surface area (Å²) < 4.78 is 5.10. The molecule has 0 aliphatic rings. The van der Waals surface area contributed by atoms with Gasteiger partial charge in [0, 0.05) is 11.9 Å². The maximum absolute atomic E-state index is 11.9. The summed E-state index contributed by atoms with van der Waals surface area (Å²) in [6.45, 7) is 1.62. The topological polar surface area (TPSA) is 89.1 Å². The molecule has 0 aromatic carbocycles. The number of hydrogen-bond acceptors (Lipinski definition) is 3. The van der Waals surface area contributed by atoms with E-state index in [1.807, 2.05) is 0 Å². The lowest BCUT2D eigenvalue weighted by atomic mass is 10.1. The van der Waals surface area contributed by atoms with Crippen molar-refractivity contribution in [2.24, 2.45) is 5.73 Å². The summed E-state index contributed by atoms with van der Waals surface area (Å²) in [5.74, 6) is -0.337. The number of aromatic nitrogens is 1. The fraction of sp³-hybridized carbons (Fsp3) is 0.0909. The Morgan fingerprint density at radius 2 is 2.25 bits per heavy atom. The average Bonchev–Trinajstić information content (AvgIpc) is 2.70. The third-order valence-corrected chi connectivity index (χ3v) is 2.31. The summed E-state index contributed by atoms with van der Waals surface area (Å²) in [6, 6.07) is 3.31. The number of aryl methyl sites for hydroxylation is 1. The highest BCUT2D eigenvalue weighted by Gasteiger charge is 2.15. The highest BCUT2D eigenvalue weighted by Crippen LogP contribution is 2.16. The molecule has 2 rings (SSSR count). The number of carbonyl (C=O) groups is 1. The lowest BCUT2D eigenvalue weighted by molar-refractivity contribution is 0.0998. The van der Waals surface area contributed by atoms with Crippen molar-refractivity contribution in [3.63, 3.8) is 0 Å².